The second-order valence-electron chi connectivity index (χ2n) is 4.58. The maximum Gasteiger partial charge on any atom is 0.409 e. The zero-order valence-electron chi connectivity index (χ0n) is 11.3. The van der Waals surface area contributed by atoms with Crippen LogP contribution in [0.15, 0.2) is 24.3 Å². The van der Waals surface area contributed by atoms with E-state index in [0.29, 0.717) is 31.2 Å². The van der Waals surface area contributed by atoms with E-state index in [4.69, 9.17) is 16.3 Å². The number of methoxy groups -OCH3 is 1. The van der Waals surface area contributed by atoms with Crippen LogP contribution >= 0.6 is 11.6 Å². The number of halogens is 1. The number of hydrogen-bond acceptors (Lipinski definition) is 4. The Hall–Kier alpha value is -1.77. The molecular weight excluding hydrogens is 278 g/mol. The number of benzene rings is 1. The maximum atomic E-state index is 11.4. The summed E-state index contributed by atoms with van der Waals surface area (Å²) in [5.74, 6) is 0. The van der Waals surface area contributed by atoms with E-state index in [1.165, 1.54) is 7.11 Å². The zero-order chi connectivity index (χ0) is 14.5. The third kappa shape index (κ3) is 3.21. The molecule has 1 saturated heterocycles. The van der Waals surface area contributed by atoms with Crippen molar-refractivity contribution in [2.75, 3.05) is 33.3 Å². The molecule has 5 nitrogen and oxygen atoms in total. The van der Waals surface area contributed by atoms with Gasteiger partial charge in [-0.3, -0.25) is 4.90 Å². The Morgan fingerprint density at radius 1 is 1.40 bits per heavy atom. The molecule has 6 heteroatoms. The lowest BCUT2D eigenvalue weighted by molar-refractivity contribution is 0.0834. The molecule has 0 aliphatic carbocycles. The van der Waals surface area contributed by atoms with Gasteiger partial charge in [0, 0.05) is 31.2 Å². The van der Waals surface area contributed by atoms with Crippen molar-refractivity contribution in [1.29, 1.82) is 5.26 Å². The summed E-state index contributed by atoms with van der Waals surface area (Å²) in [5.41, 5.74) is 0.881. The van der Waals surface area contributed by atoms with Crippen molar-refractivity contribution in [1.82, 2.24) is 9.80 Å². The number of rotatable bonds is 2. The summed E-state index contributed by atoms with van der Waals surface area (Å²) >= 11 is 5.97. The summed E-state index contributed by atoms with van der Waals surface area (Å²) in [4.78, 5) is 15.1. The molecule has 1 atom stereocenters. The molecule has 1 unspecified atom stereocenters. The van der Waals surface area contributed by atoms with Gasteiger partial charge < -0.3 is 9.64 Å². The summed E-state index contributed by atoms with van der Waals surface area (Å²) < 4.78 is 4.70. The van der Waals surface area contributed by atoms with E-state index in [0.717, 1.165) is 5.56 Å². The van der Waals surface area contributed by atoms with Crippen molar-refractivity contribution in [3.63, 3.8) is 0 Å². The molecule has 1 aromatic rings. The molecule has 1 aromatic carbocycles. The highest BCUT2D eigenvalue weighted by Crippen LogP contribution is 2.24. The third-order valence-electron chi connectivity index (χ3n) is 3.40. The van der Waals surface area contributed by atoms with E-state index in [2.05, 4.69) is 6.07 Å². The number of piperazine rings is 1. The molecule has 1 amide bonds. The average Bonchev–Trinajstić information content (AvgIpc) is 2.48. The number of hydrogen-bond donors (Lipinski definition) is 0. The molecule has 1 aliphatic rings. The highest BCUT2D eigenvalue weighted by atomic mass is 35.5. The van der Waals surface area contributed by atoms with Crippen molar-refractivity contribution in [3.8, 4) is 6.07 Å². The number of ether oxygens (including phenoxy) is 1. The number of carbonyl (C=O) groups is 1. The van der Waals surface area contributed by atoms with E-state index >= 15 is 0 Å². The van der Waals surface area contributed by atoms with Crippen LogP contribution in [0, 0.1) is 11.3 Å². The van der Waals surface area contributed by atoms with Gasteiger partial charge in [-0.25, -0.2) is 4.79 Å². The third-order valence-corrected chi connectivity index (χ3v) is 3.63. The van der Waals surface area contributed by atoms with E-state index in [1.807, 2.05) is 23.1 Å². The van der Waals surface area contributed by atoms with E-state index in [-0.39, 0.29) is 12.1 Å². The van der Waals surface area contributed by atoms with Crippen molar-refractivity contribution < 1.29 is 9.53 Å². The summed E-state index contributed by atoms with van der Waals surface area (Å²) in [6, 6.07) is 9.30. The molecule has 0 spiro atoms. The first kappa shape index (κ1) is 14.6. The summed E-state index contributed by atoms with van der Waals surface area (Å²) in [6.45, 7) is 2.40. The van der Waals surface area contributed by atoms with Crippen LogP contribution in [0.1, 0.15) is 11.6 Å². The fourth-order valence-corrected chi connectivity index (χ4v) is 2.53. The van der Waals surface area contributed by atoms with Crippen LogP contribution < -0.4 is 0 Å². The second-order valence-corrected chi connectivity index (χ2v) is 5.02. The molecule has 0 aromatic heterocycles. The Balaban J connectivity index is 2.05. The van der Waals surface area contributed by atoms with E-state index in [9.17, 15) is 10.1 Å². The smallest absolute Gasteiger partial charge is 0.409 e. The molecule has 0 radical (unpaired) electrons. The number of carbonyl (C=O) groups excluding carboxylic acids is 1. The van der Waals surface area contributed by atoms with Crippen molar-refractivity contribution in [2.45, 2.75) is 6.04 Å². The summed E-state index contributed by atoms with van der Waals surface area (Å²) in [6.07, 6.45) is -0.319. The Labute approximate surface area is 123 Å². The number of amides is 1. The van der Waals surface area contributed by atoms with Gasteiger partial charge >= 0.3 is 6.09 Å². The van der Waals surface area contributed by atoms with Gasteiger partial charge in [0.05, 0.1) is 13.2 Å². The van der Waals surface area contributed by atoms with Gasteiger partial charge in [0.25, 0.3) is 0 Å². The molecule has 1 fully saturated rings. The molecule has 1 heterocycles. The minimum Gasteiger partial charge on any atom is -0.453 e. The van der Waals surface area contributed by atoms with Gasteiger partial charge in [0.1, 0.15) is 6.04 Å². The standard InChI is InChI=1S/C14H16ClN3O2/c1-20-14(19)18-7-5-17(6-8-18)13(10-16)11-3-2-4-12(15)9-11/h2-4,9,13H,5-8H2,1H3. The molecule has 0 saturated carbocycles. The number of nitriles is 1. The van der Waals surface area contributed by atoms with Crippen molar-refractivity contribution >= 4 is 17.7 Å². The Kier molecular flexibility index (Phi) is 4.83. The van der Waals surface area contributed by atoms with E-state index in [1.54, 1.807) is 11.0 Å². The zero-order valence-corrected chi connectivity index (χ0v) is 12.0. The second kappa shape index (κ2) is 6.60. The van der Waals surface area contributed by atoms with Gasteiger partial charge in [-0.05, 0) is 17.7 Å². The normalized spacial score (nSPS) is 17.4. The molecule has 2 rings (SSSR count). The van der Waals surface area contributed by atoms with Gasteiger partial charge in [-0.1, -0.05) is 23.7 Å². The van der Waals surface area contributed by atoms with Crippen LogP contribution in [-0.2, 0) is 4.74 Å². The first-order valence-corrected chi connectivity index (χ1v) is 6.75. The van der Waals surface area contributed by atoms with Crippen LogP contribution in [0.5, 0.6) is 0 Å². The summed E-state index contributed by atoms with van der Waals surface area (Å²) in [7, 11) is 1.37. The molecule has 0 N–H and O–H groups in total. The fourth-order valence-electron chi connectivity index (χ4n) is 2.34. The molecule has 106 valence electrons. The molecular formula is C14H16ClN3O2. The highest BCUT2D eigenvalue weighted by Gasteiger charge is 2.27. The van der Waals surface area contributed by atoms with Crippen LogP contribution in [0.2, 0.25) is 5.02 Å². The predicted molar refractivity (Wildman–Crippen MR) is 75.4 cm³/mol. The monoisotopic (exact) mass is 293 g/mol. The maximum absolute atomic E-state index is 11.4. The lowest BCUT2D eigenvalue weighted by Crippen LogP contribution is -2.49. The van der Waals surface area contributed by atoms with Crippen molar-refractivity contribution in [2.24, 2.45) is 0 Å². The lowest BCUT2D eigenvalue weighted by Gasteiger charge is -2.36. The van der Waals surface area contributed by atoms with E-state index < -0.39 is 0 Å². The quantitative estimate of drug-likeness (QED) is 0.839. The lowest BCUT2D eigenvalue weighted by atomic mass is 10.1. The average molecular weight is 294 g/mol. The minimum atomic E-state index is -0.339. The SMILES string of the molecule is COC(=O)N1CCN(C(C#N)c2cccc(Cl)c2)CC1. The molecule has 20 heavy (non-hydrogen) atoms. The largest absolute Gasteiger partial charge is 0.453 e. The molecule has 0 bridgehead atoms. The first-order valence-electron chi connectivity index (χ1n) is 6.37. The highest BCUT2D eigenvalue weighted by molar-refractivity contribution is 6.30. The van der Waals surface area contributed by atoms with Gasteiger partial charge in [-0.15, -0.1) is 0 Å². The topological polar surface area (TPSA) is 56.6 Å². The van der Waals surface area contributed by atoms with Crippen LogP contribution in [-0.4, -0.2) is 49.2 Å². The Bertz CT molecular complexity index is 521. The Morgan fingerprint density at radius 3 is 2.65 bits per heavy atom. The summed E-state index contributed by atoms with van der Waals surface area (Å²) in [5, 5.41) is 10.0. The molecule has 1 aliphatic heterocycles. The van der Waals surface area contributed by atoms with Gasteiger partial charge in [-0.2, -0.15) is 5.26 Å². The van der Waals surface area contributed by atoms with Crippen molar-refractivity contribution in [3.05, 3.63) is 34.9 Å². The van der Waals surface area contributed by atoms with Crippen LogP contribution in [0.3, 0.4) is 0 Å². The number of nitrogens with zero attached hydrogens (tertiary/aromatic N) is 3. The van der Waals surface area contributed by atoms with Crippen LogP contribution in [0.4, 0.5) is 4.79 Å². The first-order chi connectivity index (χ1) is 9.65. The predicted octanol–water partition coefficient (Wildman–Crippen LogP) is 2.29. The van der Waals surface area contributed by atoms with Gasteiger partial charge in [0.2, 0.25) is 0 Å². The fraction of sp³-hybridized carbons (Fsp3) is 0.429. The Morgan fingerprint density at radius 2 is 2.10 bits per heavy atom. The minimum absolute atomic E-state index is 0.319. The van der Waals surface area contributed by atoms with Crippen LogP contribution in [0.25, 0.3) is 0 Å². The van der Waals surface area contributed by atoms with Gasteiger partial charge in [0.15, 0.2) is 0 Å².